The molecule has 1 aromatic rings. The van der Waals surface area contributed by atoms with Crippen LogP contribution in [0.1, 0.15) is 104 Å². The lowest BCUT2D eigenvalue weighted by Gasteiger charge is -2.40. The van der Waals surface area contributed by atoms with Crippen molar-refractivity contribution in [3.63, 3.8) is 0 Å². The molecule has 1 fully saturated rings. The zero-order chi connectivity index (χ0) is 29.0. The second kappa shape index (κ2) is 19.8. The molecule has 1 saturated heterocycles. The Labute approximate surface area is 234 Å². The van der Waals surface area contributed by atoms with Gasteiger partial charge in [-0.1, -0.05) is 114 Å². The SMILES string of the molecule is [2H]CCCCCCCCCCCCCCCC(=O)OC[C@H]1OC(O)[C@H](NC(=O)OCc2ccccc2)[C@@H](O)[C@@H]1O. The highest BCUT2D eigenvalue weighted by Gasteiger charge is 2.45. The molecule has 1 aliphatic heterocycles. The van der Waals surface area contributed by atoms with E-state index in [1.54, 1.807) is 24.3 Å². The average molecular weight is 553 g/mol. The van der Waals surface area contributed by atoms with Crippen molar-refractivity contribution in [1.82, 2.24) is 5.32 Å². The van der Waals surface area contributed by atoms with Crippen LogP contribution in [0.3, 0.4) is 0 Å². The fourth-order valence-corrected chi connectivity index (χ4v) is 4.60. The number of aliphatic hydroxyl groups excluding tert-OH is 3. The summed E-state index contributed by atoms with van der Waals surface area (Å²) < 4.78 is 22.7. The number of ether oxygens (including phenoxy) is 3. The van der Waals surface area contributed by atoms with E-state index in [0.29, 0.717) is 13.3 Å². The molecule has 5 atom stereocenters. The highest BCUT2D eigenvalue weighted by Crippen LogP contribution is 2.21. The molecule has 0 aromatic heterocycles. The third-order valence-electron chi connectivity index (χ3n) is 7.01. The summed E-state index contributed by atoms with van der Waals surface area (Å²) in [4.78, 5) is 24.2. The van der Waals surface area contributed by atoms with Gasteiger partial charge >= 0.3 is 12.1 Å². The van der Waals surface area contributed by atoms with Crippen LogP contribution in [0.4, 0.5) is 4.79 Å². The van der Waals surface area contributed by atoms with Gasteiger partial charge in [-0.3, -0.25) is 4.79 Å². The zero-order valence-corrected chi connectivity index (χ0v) is 23.2. The molecule has 39 heavy (non-hydrogen) atoms. The third-order valence-corrected chi connectivity index (χ3v) is 7.01. The fourth-order valence-electron chi connectivity index (χ4n) is 4.60. The third kappa shape index (κ3) is 13.6. The van der Waals surface area contributed by atoms with E-state index in [1.165, 1.54) is 51.4 Å². The normalized spacial score (nSPS) is 23.2. The predicted octanol–water partition coefficient (Wildman–Crippen LogP) is 4.74. The van der Waals surface area contributed by atoms with Crippen molar-refractivity contribution in [1.29, 1.82) is 0 Å². The first kappa shape index (κ1) is 31.3. The molecule has 1 unspecified atom stereocenters. The molecule has 1 heterocycles. The molecule has 0 saturated carbocycles. The summed E-state index contributed by atoms with van der Waals surface area (Å²) in [6.07, 6.45) is 8.57. The number of benzene rings is 1. The molecule has 1 amide bonds. The maximum absolute atomic E-state index is 12.1. The molecule has 9 nitrogen and oxygen atoms in total. The van der Waals surface area contributed by atoms with Crippen molar-refractivity contribution >= 4 is 12.1 Å². The quantitative estimate of drug-likeness (QED) is 0.143. The number of unbranched alkanes of at least 4 members (excludes halogenated alkanes) is 12. The monoisotopic (exact) mass is 552 g/mol. The zero-order valence-electron chi connectivity index (χ0n) is 24.2. The van der Waals surface area contributed by atoms with Gasteiger partial charge in [0.15, 0.2) is 6.29 Å². The first-order valence-electron chi connectivity index (χ1n) is 15.2. The molecular formula is C30H49NO8. The van der Waals surface area contributed by atoms with Crippen molar-refractivity contribution in [2.45, 2.75) is 134 Å². The summed E-state index contributed by atoms with van der Waals surface area (Å²) in [6, 6.07) is 7.70. The van der Waals surface area contributed by atoms with Crippen LogP contribution in [-0.2, 0) is 25.6 Å². The van der Waals surface area contributed by atoms with Gasteiger partial charge in [0.25, 0.3) is 0 Å². The lowest BCUT2D eigenvalue weighted by atomic mass is 9.97. The summed E-state index contributed by atoms with van der Waals surface area (Å²) in [5, 5.41) is 33.4. The van der Waals surface area contributed by atoms with E-state index in [9.17, 15) is 24.9 Å². The molecule has 2 rings (SSSR count). The number of esters is 1. The molecule has 1 aromatic carbocycles. The number of hydrogen-bond acceptors (Lipinski definition) is 8. The Kier molecular flexibility index (Phi) is 15.9. The summed E-state index contributed by atoms with van der Waals surface area (Å²) in [5.41, 5.74) is 0.769. The Morgan fingerprint density at radius 2 is 1.44 bits per heavy atom. The van der Waals surface area contributed by atoms with Crippen molar-refractivity contribution in [3.05, 3.63) is 35.9 Å². The lowest BCUT2D eigenvalue weighted by molar-refractivity contribution is -0.255. The van der Waals surface area contributed by atoms with E-state index in [-0.39, 0.29) is 19.6 Å². The minimum absolute atomic E-state index is 0.00271. The van der Waals surface area contributed by atoms with Gasteiger partial charge in [-0.25, -0.2) is 4.79 Å². The Balaban J connectivity index is 1.51. The fraction of sp³-hybridized carbons (Fsp3) is 0.733. The van der Waals surface area contributed by atoms with E-state index in [0.717, 1.165) is 31.2 Å². The summed E-state index contributed by atoms with van der Waals surface area (Å²) in [5.74, 6) is -0.424. The van der Waals surface area contributed by atoms with Gasteiger partial charge in [-0.15, -0.1) is 0 Å². The van der Waals surface area contributed by atoms with E-state index >= 15 is 0 Å². The minimum atomic E-state index is -1.62. The average Bonchev–Trinajstić information content (AvgIpc) is 2.96. The van der Waals surface area contributed by atoms with Gasteiger partial charge in [0.05, 0.1) is 0 Å². The predicted molar refractivity (Wildman–Crippen MR) is 148 cm³/mol. The van der Waals surface area contributed by atoms with Crippen LogP contribution < -0.4 is 5.32 Å². The smallest absolute Gasteiger partial charge is 0.407 e. The van der Waals surface area contributed by atoms with Gasteiger partial charge in [-0.2, -0.15) is 0 Å². The number of carbonyl (C=O) groups is 2. The number of carbonyl (C=O) groups excluding carboxylic acids is 2. The molecule has 0 aliphatic carbocycles. The molecule has 1 aliphatic rings. The lowest BCUT2D eigenvalue weighted by Crippen LogP contribution is -2.64. The van der Waals surface area contributed by atoms with Gasteiger partial charge in [-0.05, 0) is 12.0 Å². The summed E-state index contributed by atoms with van der Waals surface area (Å²) >= 11 is 0. The highest BCUT2D eigenvalue weighted by atomic mass is 16.6. The first-order valence-corrected chi connectivity index (χ1v) is 14.5. The molecular weight excluding hydrogens is 502 g/mol. The second-order valence-electron chi connectivity index (χ2n) is 10.3. The van der Waals surface area contributed by atoms with Gasteiger partial charge in [0, 0.05) is 7.79 Å². The Bertz CT molecular complexity index is 814. The number of nitrogens with one attached hydrogen (secondary N) is 1. The number of rotatable bonds is 19. The molecule has 222 valence electrons. The van der Waals surface area contributed by atoms with Crippen LogP contribution in [0.25, 0.3) is 0 Å². The number of alkyl carbamates (subject to hydrolysis) is 1. The van der Waals surface area contributed by atoms with Crippen LogP contribution in [0.15, 0.2) is 30.3 Å². The van der Waals surface area contributed by atoms with E-state index < -0.39 is 42.7 Å². The largest absolute Gasteiger partial charge is 0.463 e. The molecule has 0 radical (unpaired) electrons. The number of amides is 1. The van der Waals surface area contributed by atoms with Crippen molar-refractivity contribution < 1.29 is 40.5 Å². The summed E-state index contributed by atoms with van der Waals surface area (Å²) in [7, 11) is 0. The van der Waals surface area contributed by atoms with Crippen LogP contribution >= 0.6 is 0 Å². The number of hydrogen-bond donors (Lipinski definition) is 4. The highest BCUT2D eigenvalue weighted by molar-refractivity contribution is 5.69. The van der Waals surface area contributed by atoms with Crippen molar-refractivity contribution in [3.8, 4) is 0 Å². The first-order chi connectivity index (χ1) is 19.4. The van der Waals surface area contributed by atoms with Gasteiger partial charge in [0.2, 0.25) is 0 Å². The maximum Gasteiger partial charge on any atom is 0.407 e. The molecule has 0 bridgehead atoms. The van der Waals surface area contributed by atoms with E-state index in [1.807, 2.05) is 6.07 Å². The molecule has 9 heteroatoms. The van der Waals surface area contributed by atoms with Crippen LogP contribution in [0.5, 0.6) is 0 Å². The van der Waals surface area contributed by atoms with Gasteiger partial charge < -0.3 is 34.8 Å². The Morgan fingerprint density at radius 3 is 2.05 bits per heavy atom. The second-order valence-corrected chi connectivity index (χ2v) is 10.3. The number of aliphatic hydroxyl groups is 3. The summed E-state index contributed by atoms with van der Waals surface area (Å²) in [6.45, 7) is 0.236. The van der Waals surface area contributed by atoms with Crippen LogP contribution in [0, 0.1) is 0 Å². The van der Waals surface area contributed by atoms with Crippen molar-refractivity contribution in [2.75, 3.05) is 6.61 Å². The maximum atomic E-state index is 12.1. The topological polar surface area (TPSA) is 135 Å². The molecule has 4 N–H and O–H groups in total. The Hall–Kier alpha value is -2.20. The van der Waals surface area contributed by atoms with Crippen LogP contribution in [-0.4, -0.2) is 64.6 Å². The molecule has 0 spiro atoms. The van der Waals surface area contributed by atoms with E-state index in [4.69, 9.17) is 15.6 Å². The minimum Gasteiger partial charge on any atom is -0.463 e. The van der Waals surface area contributed by atoms with Crippen LogP contribution in [0.2, 0.25) is 0 Å². The standard InChI is InChI=1S/C30H49NO8/c1-2-3-4-5-6-7-8-9-10-11-12-13-17-20-25(32)37-22-24-27(33)28(34)26(29(35)39-24)31-30(36)38-21-23-18-15-14-16-19-23/h14-16,18-19,24,26-29,33-35H,2-13,17,20-22H2,1H3,(H,31,36)/t24-,26-,27-,28-,29?/m1/s1/i1D. The van der Waals surface area contributed by atoms with E-state index in [2.05, 4.69) is 5.32 Å². The van der Waals surface area contributed by atoms with Gasteiger partial charge in [0.1, 0.15) is 37.6 Å². The van der Waals surface area contributed by atoms with Crippen molar-refractivity contribution in [2.24, 2.45) is 0 Å². The Morgan fingerprint density at radius 1 is 0.846 bits per heavy atom.